The number of hydrogen-bond donors (Lipinski definition) is 3. The van der Waals surface area contributed by atoms with Gasteiger partial charge >= 0.3 is 6.03 Å². The van der Waals surface area contributed by atoms with Crippen molar-refractivity contribution in [1.82, 2.24) is 20.4 Å². The Labute approximate surface area is 129 Å². The molecular weight excluding hydrogens is 286 g/mol. The van der Waals surface area contributed by atoms with Crippen molar-refractivity contribution in [2.75, 3.05) is 51.4 Å². The molecule has 3 N–H and O–H groups in total. The number of amides is 2. The highest BCUT2D eigenvalue weighted by Gasteiger charge is 2.31. The first kappa shape index (κ1) is 15.3. The van der Waals surface area contributed by atoms with Crippen molar-refractivity contribution >= 4 is 11.7 Å². The van der Waals surface area contributed by atoms with Crippen molar-refractivity contribution in [3.05, 3.63) is 12.4 Å². The van der Waals surface area contributed by atoms with Crippen LogP contribution in [0.5, 0.6) is 0 Å². The molecule has 0 spiro atoms. The fourth-order valence-electron chi connectivity index (χ4n) is 3.05. The molecular formula is C14H23N5O3. The third kappa shape index (κ3) is 3.96. The molecule has 8 heteroatoms. The average molecular weight is 309 g/mol. The van der Waals surface area contributed by atoms with Crippen LogP contribution in [0, 0.1) is 5.92 Å². The van der Waals surface area contributed by atoms with E-state index in [0.717, 1.165) is 45.9 Å². The van der Waals surface area contributed by atoms with Crippen molar-refractivity contribution in [3.63, 3.8) is 0 Å². The van der Waals surface area contributed by atoms with E-state index in [4.69, 9.17) is 9.47 Å². The number of carbonyl (C=O) groups excluding carboxylic acids is 1. The van der Waals surface area contributed by atoms with Gasteiger partial charge in [0.15, 0.2) is 0 Å². The van der Waals surface area contributed by atoms with Gasteiger partial charge in [0.05, 0.1) is 31.7 Å². The maximum absolute atomic E-state index is 12.0. The Morgan fingerprint density at radius 2 is 2.27 bits per heavy atom. The quantitative estimate of drug-likeness (QED) is 0.726. The lowest BCUT2D eigenvalue weighted by molar-refractivity contribution is 0.00222. The number of anilines is 1. The van der Waals surface area contributed by atoms with Crippen molar-refractivity contribution in [2.45, 2.75) is 12.5 Å². The topological polar surface area (TPSA) is 91.5 Å². The number of nitrogens with zero attached hydrogens (tertiary/aromatic N) is 2. The molecule has 1 aromatic rings. The summed E-state index contributed by atoms with van der Waals surface area (Å²) in [6.07, 6.45) is 4.26. The lowest BCUT2D eigenvalue weighted by Gasteiger charge is -2.37. The SMILES string of the molecule is O=C(NC[C@@H]([C@@H]1CCOC1)N1CCOCC1)Nc1cn[nH]c1. The fourth-order valence-corrected chi connectivity index (χ4v) is 3.05. The standard InChI is InChI=1S/C14H23N5O3/c20-14(18-12-7-16-17-8-12)15-9-13(11-1-4-22-10-11)19-2-5-21-6-3-19/h7-8,11,13H,1-6,9-10H2,(H,16,17)(H2,15,18,20)/t11-,13+/m1/s1. The normalized spacial score (nSPS) is 24.1. The lowest BCUT2D eigenvalue weighted by Crippen LogP contribution is -2.52. The smallest absolute Gasteiger partial charge is 0.319 e. The van der Waals surface area contributed by atoms with Gasteiger partial charge in [0.25, 0.3) is 0 Å². The number of ether oxygens (including phenoxy) is 2. The van der Waals surface area contributed by atoms with Crippen LogP contribution < -0.4 is 10.6 Å². The predicted octanol–water partition coefficient (Wildman–Crippen LogP) is 0.269. The van der Waals surface area contributed by atoms with Crippen LogP contribution in [0.3, 0.4) is 0 Å². The van der Waals surface area contributed by atoms with E-state index < -0.39 is 0 Å². The minimum Gasteiger partial charge on any atom is -0.381 e. The zero-order chi connectivity index (χ0) is 15.2. The van der Waals surface area contributed by atoms with Gasteiger partial charge in [0, 0.05) is 44.4 Å². The number of carbonyl (C=O) groups is 1. The third-order valence-corrected chi connectivity index (χ3v) is 4.25. The van der Waals surface area contributed by atoms with Gasteiger partial charge in [0.2, 0.25) is 0 Å². The predicted molar refractivity (Wildman–Crippen MR) is 80.7 cm³/mol. The van der Waals surface area contributed by atoms with Gasteiger partial charge in [-0.25, -0.2) is 4.79 Å². The molecule has 0 aliphatic carbocycles. The van der Waals surface area contributed by atoms with Crippen LogP contribution in [0.15, 0.2) is 12.4 Å². The van der Waals surface area contributed by atoms with Gasteiger partial charge in [-0.15, -0.1) is 0 Å². The molecule has 0 saturated carbocycles. The first-order valence-electron chi connectivity index (χ1n) is 7.76. The number of aromatic nitrogens is 2. The number of H-pyrrole nitrogens is 1. The van der Waals surface area contributed by atoms with Gasteiger partial charge in [-0.1, -0.05) is 0 Å². The van der Waals surface area contributed by atoms with Crippen LogP contribution in [0.2, 0.25) is 0 Å². The first-order chi connectivity index (χ1) is 10.8. The Morgan fingerprint density at radius 1 is 1.41 bits per heavy atom. The second-order valence-electron chi connectivity index (χ2n) is 5.66. The Balaban J connectivity index is 1.53. The molecule has 3 heterocycles. The highest BCUT2D eigenvalue weighted by molar-refractivity contribution is 5.88. The molecule has 0 aromatic carbocycles. The van der Waals surface area contributed by atoms with Gasteiger partial charge in [-0.3, -0.25) is 10.00 Å². The summed E-state index contributed by atoms with van der Waals surface area (Å²) in [7, 11) is 0. The van der Waals surface area contributed by atoms with Crippen LogP contribution in [0.4, 0.5) is 10.5 Å². The number of nitrogens with one attached hydrogen (secondary N) is 3. The minimum absolute atomic E-state index is 0.210. The summed E-state index contributed by atoms with van der Waals surface area (Å²) in [5.74, 6) is 0.465. The number of morpholine rings is 1. The molecule has 0 radical (unpaired) electrons. The summed E-state index contributed by atoms with van der Waals surface area (Å²) in [6, 6.07) is 0.0834. The number of urea groups is 1. The zero-order valence-electron chi connectivity index (χ0n) is 12.6. The molecule has 2 atom stereocenters. The molecule has 0 unspecified atom stereocenters. The van der Waals surface area contributed by atoms with Crippen LogP contribution in [-0.2, 0) is 9.47 Å². The van der Waals surface area contributed by atoms with E-state index in [-0.39, 0.29) is 6.03 Å². The molecule has 2 saturated heterocycles. The second kappa shape index (κ2) is 7.57. The monoisotopic (exact) mass is 309 g/mol. The van der Waals surface area contributed by atoms with E-state index in [1.54, 1.807) is 12.4 Å². The maximum Gasteiger partial charge on any atom is 0.319 e. The van der Waals surface area contributed by atoms with E-state index in [9.17, 15) is 4.79 Å². The van der Waals surface area contributed by atoms with Gasteiger partial charge in [-0.05, 0) is 6.42 Å². The highest BCUT2D eigenvalue weighted by atomic mass is 16.5. The maximum atomic E-state index is 12.0. The van der Waals surface area contributed by atoms with Crippen molar-refractivity contribution in [3.8, 4) is 0 Å². The summed E-state index contributed by atoms with van der Waals surface area (Å²) < 4.78 is 10.9. The summed E-state index contributed by atoms with van der Waals surface area (Å²) in [5.41, 5.74) is 0.657. The Bertz CT molecular complexity index is 455. The fraction of sp³-hybridized carbons (Fsp3) is 0.714. The summed E-state index contributed by atoms with van der Waals surface area (Å²) in [4.78, 5) is 14.4. The average Bonchev–Trinajstić information content (AvgIpc) is 3.22. The van der Waals surface area contributed by atoms with Crippen molar-refractivity contribution in [2.24, 2.45) is 5.92 Å². The molecule has 3 rings (SSSR count). The van der Waals surface area contributed by atoms with E-state index >= 15 is 0 Å². The molecule has 2 amide bonds. The Hall–Kier alpha value is -1.64. The second-order valence-corrected chi connectivity index (χ2v) is 5.66. The molecule has 22 heavy (non-hydrogen) atoms. The number of hydrogen-bond acceptors (Lipinski definition) is 5. The number of rotatable bonds is 5. The molecule has 2 aliphatic heterocycles. The Morgan fingerprint density at radius 3 is 2.95 bits per heavy atom. The van der Waals surface area contributed by atoms with Crippen LogP contribution in [-0.4, -0.2) is 73.2 Å². The molecule has 122 valence electrons. The number of aromatic amines is 1. The molecule has 2 aliphatic rings. The summed E-state index contributed by atoms with van der Waals surface area (Å²) in [5, 5.41) is 12.2. The Kier molecular flexibility index (Phi) is 5.25. The minimum atomic E-state index is -0.210. The van der Waals surface area contributed by atoms with Gasteiger partial charge in [0.1, 0.15) is 0 Å². The first-order valence-corrected chi connectivity index (χ1v) is 7.76. The largest absolute Gasteiger partial charge is 0.381 e. The molecule has 8 nitrogen and oxygen atoms in total. The molecule has 0 bridgehead atoms. The summed E-state index contributed by atoms with van der Waals surface area (Å²) in [6.45, 7) is 5.52. The summed E-state index contributed by atoms with van der Waals surface area (Å²) >= 11 is 0. The van der Waals surface area contributed by atoms with Crippen molar-refractivity contribution in [1.29, 1.82) is 0 Å². The van der Waals surface area contributed by atoms with E-state index in [2.05, 4.69) is 25.7 Å². The molecule has 2 fully saturated rings. The van der Waals surface area contributed by atoms with E-state index in [1.807, 2.05) is 0 Å². The van der Waals surface area contributed by atoms with E-state index in [0.29, 0.717) is 24.2 Å². The van der Waals surface area contributed by atoms with E-state index in [1.165, 1.54) is 0 Å². The van der Waals surface area contributed by atoms with Crippen LogP contribution in [0.1, 0.15) is 6.42 Å². The van der Waals surface area contributed by atoms with Gasteiger partial charge in [-0.2, -0.15) is 5.10 Å². The zero-order valence-corrected chi connectivity index (χ0v) is 12.6. The lowest BCUT2D eigenvalue weighted by atomic mass is 9.97. The van der Waals surface area contributed by atoms with Gasteiger partial charge < -0.3 is 20.1 Å². The van der Waals surface area contributed by atoms with Crippen molar-refractivity contribution < 1.29 is 14.3 Å². The third-order valence-electron chi connectivity index (χ3n) is 4.25. The van der Waals surface area contributed by atoms with Crippen LogP contribution >= 0.6 is 0 Å². The van der Waals surface area contributed by atoms with Crippen LogP contribution in [0.25, 0.3) is 0 Å². The highest BCUT2D eigenvalue weighted by Crippen LogP contribution is 2.21. The molecule has 1 aromatic heterocycles.